The maximum atomic E-state index is 12.8. The predicted octanol–water partition coefficient (Wildman–Crippen LogP) is 4.20. The fourth-order valence-electron chi connectivity index (χ4n) is 3.76. The minimum absolute atomic E-state index is 0.259. The van der Waals surface area contributed by atoms with Crippen LogP contribution >= 0.6 is 0 Å². The molecule has 0 bridgehead atoms. The molecule has 1 aliphatic carbocycles. The van der Waals surface area contributed by atoms with Gasteiger partial charge in [-0.2, -0.15) is 5.10 Å². The lowest BCUT2D eigenvalue weighted by Crippen LogP contribution is -2.23. The number of carbonyl (C=O) groups excluding carboxylic acids is 2. The molecule has 0 saturated heterocycles. The molecular formula is C24H25N3O4. The Morgan fingerprint density at radius 2 is 1.81 bits per heavy atom. The minimum Gasteiger partial charge on any atom is -0.469 e. The standard InChI is InChI=1S/C24H25N3O4/c1-14-7-9-17(10-8-14)13-25-24(29)22-15(2)21-19(5-4-6-20(21)31-22)26-27-23(28)18-11-12-30-16(18)3/h7-12H,4-6,13H2,1-3H3,(H,25,29)(H,27,28)/b26-19+. The zero-order chi connectivity index (χ0) is 22.0. The molecule has 0 aliphatic heterocycles. The van der Waals surface area contributed by atoms with Crippen molar-refractivity contribution >= 4 is 17.5 Å². The van der Waals surface area contributed by atoms with Gasteiger partial charge in [0.05, 0.1) is 17.5 Å². The first-order chi connectivity index (χ1) is 14.9. The molecule has 2 heterocycles. The van der Waals surface area contributed by atoms with Crippen molar-refractivity contribution in [2.24, 2.45) is 5.10 Å². The van der Waals surface area contributed by atoms with Crippen LogP contribution in [0.5, 0.6) is 0 Å². The van der Waals surface area contributed by atoms with Gasteiger partial charge in [0, 0.05) is 24.1 Å². The molecule has 4 rings (SSSR count). The first-order valence-corrected chi connectivity index (χ1v) is 10.3. The van der Waals surface area contributed by atoms with Crippen molar-refractivity contribution in [1.29, 1.82) is 0 Å². The van der Waals surface area contributed by atoms with Crippen LogP contribution in [-0.4, -0.2) is 17.5 Å². The molecule has 7 nitrogen and oxygen atoms in total. The van der Waals surface area contributed by atoms with Gasteiger partial charge in [0.1, 0.15) is 11.5 Å². The highest BCUT2D eigenvalue weighted by atomic mass is 16.4. The smallest absolute Gasteiger partial charge is 0.287 e. The normalized spacial score (nSPS) is 14.4. The Balaban J connectivity index is 1.51. The molecule has 160 valence electrons. The van der Waals surface area contributed by atoms with Crippen LogP contribution in [0.2, 0.25) is 0 Å². The largest absolute Gasteiger partial charge is 0.469 e. The summed E-state index contributed by atoms with van der Waals surface area (Å²) < 4.78 is 11.1. The van der Waals surface area contributed by atoms with E-state index in [1.807, 2.05) is 38.1 Å². The quantitative estimate of drug-likeness (QED) is 0.606. The summed E-state index contributed by atoms with van der Waals surface area (Å²) in [7, 11) is 0. The molecule has 0 atom stereocenters. The topological polar surface area (TPSA) is 96.8 Å². The van der Waals surface area contributed by atoms with Gasteiger partial charge >= 0.3 is 0 Å². The highest BCUT2D eigenvalue weighted by molar-refractivity contribution is 6.07. The molecule has 0 unspecified atom stereocenters. The summed E-state index contributed by atoms with van der Waals surface area (Å²) in [6.45, 7) is 6.02. The fourth-order valence-corrected chi connectivity index (χ4v) is 3.76. The van der Waals surface area contributed by atoms with Gasteiger partial charge in [0.2, 0.25) is 0 Å². The zero-order valence-corrected chi connectivity index (χ0v) is 17.9. The molecule has 2 aromatic heterocycles. The number of aryl methyl sites for hydroxylation is 3. The Kier molecular flexibility index (Phi) is 5.75. The van der Waals surface area contributed by atoms with Crippen LogP contribution in [0.3, 0.4) is 0 Å². The van der Waals surface area contributed by atoms with Crippen molar-refractivity contribution < 1.29 is 18.4 Å². The van der Waals surface area contributed by atoms with E-state index < -0.39 is 0 Å². The van der Waals surface area contributed by atoms with Crippen molar-refractivity contribution in [1.82, 2.24) is 10.7 Å². The number of hydrogen-bond donors (Lipinski definition) is 2. The van der Waals surface area contributed by atoms with Crippen LogP contribution < -0.4 is 10.7 Å². The molecule has 0 spiro atoms. The maximum absolute atomic E-state index is 12.8. The third kappa shape index (κ3) is 4.30. The summed E-state index contributed by atoms with van der Waals surface area (Å²) in [5.74, 6) is 0.975. The summed E-state index contributed by atoms with van der Waals surface area (Å²) in [6.07, 6.45) is 3.74. The maximum Gasteiger partial charge on any atom is 0.287 e. The number of rotatable bonds is 5. The summed E-state index contributed by atoms with van der Waals surface area (Å²) >= 11 is 0. The summed E-state index contributed by atoms with van der Waals surface area (Å²) in [5, 5.41) is 7.26. The van der Waals surface area contributed by atoms with Crippen LogP contribution in [0.25, 0.3) is 0 Å². The van der Waals surface area contributed by atoms with Gasteiger partial charge in [0.15, 0.2) is 5.76 Å². The number of nitrogens with zero attached hydrogens (tertiary/aromatic N) is 1. The minimum atomic E-state index is -0.330. The van der Waals surface area contributed by atoms with Gasteiger partial charge in [-0.05, 0) is 45.2 Å². The fraction of sp³-hybridized carbons (Fsp3) is 0.292. The SMILES string of the molecule is Cc1ccc(CNC(=O)c2oc3c(c2C)/C(=N/NC(=O)c2ccoc2C)CCC3)cc1. The van der Waals surface area contributed by atoms with Gasteiger partial charge in [-0.1, -0.05) is 29.8 Å². The first kappa shape index (κ1) is 20.7. The Bertz CT molecular complexity index is 1150. The lowest BCUT2D eigenvalue weighted by molar-refractivity contribution is 0.0919. The second-order valence-corrected chi connectivity index (χ2v) is 7.77. The van der Waals surface area contributed by atoms with Crippen molar-refractivity contribution in [3.8, 4) is 0 Å². The van der Waals surface area contributed by atoms with Crippen LogP contribution in [0, 0.1) is 20.8 Å². The number of nitrogens with one attached hydrogen (secondary N) is 2. The lowest BCUT2D eigenvalue weighted by Gasteiger charge is -2.13. The number of fused-ring (bicyclic) bond motifs is 1. The molecule has 2 amide bonds. The van der Waals surface area contributed by atoms with Crippen LogP contribution in [0.1, 0.15) is 67.5 Å². The molecule has 2 N–H and O–H groups in total. The number of hydrogen-bond acceptors (Lipinski definition) is 5. The highest BCUT2D eigenvalue weighted by Gasteiger charge is 2.28. The van der Waals surface area contributed by atoms with Crippen molar-refractivity contribution in [2.45, 2.75) is 46.6 Å². The summed E-state index contributed by atoms with van der Waals surface area (Å²) in [4.78, 5) is 25.1. The van der Waals surface area contributed by atoms with Gasteiger partial charge < -0.3 is 14.2 Å². The van der Waals surface area contributed by atoms with E-state index in [9.17, 15) is 9.59 Å². The first-order valence-electron chi connectivity index (χ1n) is 10.3. The van der Waals surface area contributed by atoms with E-state index in [1.165, 1.54) is 11.8 Å². The monoisotopic (exact) mass is 419 g/mol. The third-order valence-electron chi connectivity index (χ3n) is 5.50. The second kappa shape index (κ2) is 8.63. The highest BCUT2D eigenvalue weighted by Crippen LogP contribution is 2.30. The van der Waals surface area contributed by atoms with Crippen molar-refractivity contribution in [2.75, 3.05) is 0 Å². The van der Waals surface area contributed by atoms with Gasteiger partial charge in [0.25, 0.3) is 11.8 Å². The molecule has 31 heavy (non-hydrogen) atoms. The molecule has 0 fully saturated rings. The number of benzene rings is 1. The zero-order valence-electron chi connectivity index (χ0n) is 17.9. The lowest BCUT2D eigenvalue weighted by atomic mass is 9.93. The Morgan fingerprint density at radius 1 is 1.03 bits per heavy atom. The van der Waals surface area contributed by atoms with Gasteiger partial charge in [-0.25, -0.2) is 5.43 Å². The van der Waals surface area contributed by atoms with Gasteiger partial charge in [-0.3, -0.25) is 9.59 Å². The molecule has 3 aromatic rings. The molecule has 0 saturated carbocycles. The van der Waals surface area contributed by atoms with Crippen molar-refractivity contribution in [3.05, 3.63) is 81.7 Å². The van der Waals surface area contributed by atoms with Gasteiger partial charge in [-0.15, -0.1) is 0 Å². The van der Waals surface area contributed by atoms with E-state index in [4.69, 9.17) is 8.83 Å². The van der Waals surface area contributed by atoms with Crippen LogP contribution in [-0.2, 0) is 13.0 Å². The Labute approximate surface area is 180 Å². The molecule has 1 aromatic carbocycles. The third-order valence-corrected chi connectivity index (χ3v) is 5.50. The van der Waals surface area contributed by atoms with E-state index in [-0.39, 0.29) is 11.8 Å². The van der Waals surface area contributed by atoms with E-state index in [1.54, 1.807) is 13.0 Å². The number of carbonyl (C=O) groups is 2. The Hall–Kier alpha value is -3.61. The molecule has 0 radical (unpaired) electrons. The average molecular weight is 419 g/mol. The van der Waals surface area contributed by atoms with E-state index in [0.717, 1.165) is 41.0 Å². The van der Waals surface area contributed by atoms with E-state index >= 15 is 0 Å². The Morgan fingerprint density at radius 3 is 2.52 bits per heavy atom. The number of furan rings is 2. The summed E-state index contributed by atoms with van der Waals surface area (Å²) in [5.41, 5.74) is 7.51. The van der Waals surface area contributed by atoms with Crippen molar-refractivity contribution in [3.63, 3.8) is 0 Å². The predicted molar refractivity (Wildman–Crippen MR) is 116 cm³/mol. The van der Waals surface area contributed by atoms with E-state index in [0.29, 0.717) is 30.0 Å². The second-order valence-electron chi connectivity index (χ2n) is 7.77. The number of amides is 2. The molecular weight excluding hydrogens is 394 g/mol. The number of hydrazone groups is 1. The van der Waals surface area contributed by atoms with E-state index in [2.05, 4.69) is 15.8 Å². The average Bonchev–Trinajstić information content (AvgIpc) is 3.35. The molecule has 7 heteroatoms. The molecule has 1 aliphatic rings. The van der Waals surface area contributed by atoms with Crippen LogP contribution in [0.4, 0.5) is 0 Å². The summed E-state index contributed by atoms with van der Waals surface area (Å²) in [6, 6.07) is 9.62. The van der Waals surface area contributed by atoms with Crippen LogP contribution in [0.15, 0.2) is 50.5 Å².